The SMILES string of the molecule is O=C1COc2cc(F)c(C(=O)N3CC(COc4ccc(N5CC(F)C5)cc4Cl)C3)cc2N1. The maximum absolute atomic E-state index is 14.4. The lowest BCUT2D eigenvalue weighted by molar-refractivity contribution is -0.118. The van der Waals surface area contributed by atoms with Crippen LogP contribution in [-0.2, 0) is 4.79 Å². The number of carbonyl (C=O) groups is 2. The fraction of sp³-hybridized carbons (Fsp3) is 0.364. The summed E-state index contributed by atoms with van der Waals surface area (Å²) in [4.78, 5) is 27.6. The highest BCUT2D eigenvalue weighted by molar-refractivity contribution is 6.32. The molecule has 2 fully saturated rings. The zero-order valence-corrected chi connectivity index (χ0v) is 17.7. The van der Waals surface area contributed by atoms with Gasteiger partial charge in [0.2, 0.25) is 0 Å². The van der Waals surface area contributed by atoms with Gasteiger partial charge in [0.15, 0.2) is 6.61 Å². The molecule has 32 heavy (non-hydrogen) atoms. The van der Waals surface area contributed by atoms with E-state index in [4.69, 9.17) is 21.1 Å². The molecular weight excluding hydrogens is 444 g/mol. The van der Waals surface area contributed by atoms with Crippen LogP contribution >= 0.6 is 11.6 Å². The minimum Gasteiger partial charge on any atom is -0.492 e. The second kappa shape index (κ2) is 8.12. The molecule has 7 nitrogen and oxygen atoms in total. The van der Waals surface area contributed by atoms with Crippen molar-refractivity contribution in [3.05, 3.63) is 46.7 Å². The topological polar surface area (TPSA) is 71.1 Å². The molecule has 2 amide bonds. The largest absolute Gasteiger partial charge is 0.492 e. The van der Waals surface area contributed by atoms with Crippen LogP contribution in [0, 0.1) is 11.7 Å². The Morgan fingerprint density at radius 1 is 1.22 bits per heavy atom. The van der Waals surface area contributed by atoms with E-state index >= 15 is 0 Å². The lowest BCUT2D eigenvalue weighted by atomic mass is 9.99. The number of hydrogen-bond acceptors (Lipinski definition) is 5. The zero-order valence-electron chi connectivity index (χ0n) is 16.9. The minimum atomic E-state index is -0.796. The smallest absolute Gasteiger partial charge is 0.262 e. The number of benzene rings is 2. The van der Waals surface area contributed by atoms with Gasteiger partial charge in [-0.25, -0.2) is 8.78 Å². The molecule has 0 aromatic heterocycles. The molecular formula is C22H20ClF2N3O4. The molecule has 5 rings (SSSR count). The van der Waals surface area contributed by atoms with Gasteiger partial charge >= 0.3 is 0 Å². The molecule has 10 heteroatoms. The van der Waals surface area contributed by atoms with Crippen molar-refractivity contribution in [2.75, 3.05) is 49.6 Å². The van der Waals surface area contributed by atoms with Crippen molar-refractivity contribution in [3.63, 3.8) is 0 Å². The molecule has 0 saturated carbocycles. The predicted molar refractivity (Wildman–Crippen MR) is 114 cm³/mol. The minimum absolute atomic E-state index is 0.0843. The van der Waals surface area contributed by atoms with Crippen LogP contribution < -0.4 is 19.7 Å². The van der Waals surface area contributed by atoms with Crippen LogP contribution in [0.15, 0.2) is 30.3 Å². The van der Waals surface area contributed by atoms with Crippen molar-refractivity contribution in [1.29, 1.82) is 0 Å². The Kier molecular flexibility index (Phi) is 5.28. The van der Waals surface area contributed by atoms with Crippen LogP contribution in [0.5, 0.6) is 11.5 Å². The van der Waals surface area contributed by atoms with E-state index in [0.717, 1.165) is 11.8 Å². The van der Waals surface area contributed by atoms with Crippen LogP contribution in [0.4, 0.5) is 20.2 Å². The molecule has 0 atom stereocenters. The van der Waals surface area contributed by atoms with E-state index in [2.05, 4.69) is 5.32 Å². The Morgan fingerprint density at radius 3 is 2.72 bits per heavy atom. The number of carbonyl (C=O) groups excluding carboxylic acids is 2. The summed E-state index contributed by atoms with van der Waals surface area (Å²) >= 11 is 6.29. The molecule has 0 unspecified atom stereocenters. The number of nitrogens with zero attached hydrogens (tertiary/aromatic N) is 2. The van der Waals surface area contributed by atoms with Crippen LogP contribution in [0.1, 0.15) is 10.4 Å². The number of likely N-dealkylation sites (tertiary alicyclic amines) is 1. The average molecular weight is 464 g/mol. The number of hydrogen-bond donors (Lipinski definition) is 1. The molecule has 2 saturated heterocycles. The number of rotatable bonds is 5. The van der Waals surface area contributed by atoms with Gasteiger partial charge in [-0.1, -0.05) is 11.6 Å². The highest BCUT2D eigenvalue weighted by Gasteiger charge is 2.34. The fourth-order valence-electron chi connectivity index (χ4n) is 3.92. The summed E-state index contributed by atoms with van der Waals surface area (Å²) in [6.07, 6.45) is -0.796. The van der Waals surface area contributed by atoms with Crippen LogP contribution in [0.25, 0.3) is 0 Å². The first-order chi connectivity index (χ1) is 15.4. The number of halogens is 3. The quantitative estimate of drug-likeness (QED) is 0.737. The molecule has 0 aliphatic carbocycles. The second-order valence-electron chi connectivity index (χ2n) is 8.17. The highest BCUT2D eigenvalue weighted by Crippen LogP contribution is 2.34. The first kappa shape index (κ1) is 20.8. The molecule has 0 bridgehead atoms. The summed E-state index contributed by atoms with van der Waals surface area (Å²) in [6, 6.07) is 7.76. The van der Waals surface area contributed by atoms with E-state index in [9.17, 15) is 18.4 Å². The second-order valence-corrected chi connectivity index (χ2v) is 8.58. The third-order valence-electron chi connectivity index (χ3n) is 5.77. The van der Waals surface area contributed by atoms with Crippen LogP contribution in [0.2, 0.25) is 5.02 Å². The number of alkyl halides is 1. The summed E-state index contributed by atoms with van der Waals surface area (Å²) in [6.45, 7) is 1.74. The van der Waals surface area contributed by atoms with E-state index in [0.29, 0.717) is 43.6 Å². The van der Waals surface area contributed by atoms with Gasteiger partial charge in [-0.15, -0.1) is 0 Å². The fourth-order valence-corrected chi connectivity index (χ4v) is 4.15. The molecule has 2 aromatic carbocycles. The molecule has 3 aliphatic rings. The normalized spacial score (nSPS) is 18.3. The molecule has 3 heterocycles. The van der Waals surface area contributed by atoms with E-state index in [1.165, 1.54) is 11.0 Å². The lowest BCUT2D eigenvalue weighted by Crippen LogP contribution is -2.52. The highest BCUT2D eigenvalue weighted by atomic mass is 35.5. The van der Waals surface area contributed by atoms with Crippen LogP contribution in [0.3, 0.4) is 0 Å². The third-order valence-corrected chi connectivity index (χ3v) is 6.06. The summed E-state index contributed by atoms with van der Waals surface area (Å²) < 4.78 is 38.4. The monoisotopic (exact) mass is 463 g/mol. The number of ether oxygens (including phenoxy) is 2. The summed E-state index contributed by atoms with van der Waals surface area (Å²) in [5.41, 5.74) is 1.02. The molecule has 168 valence electrons. The van der Waals surface area contributed by atoms with E-state index in [1.54, 1.807) is 12.1 Å². The summed E-state index contributed by atoms with van der Waals surface area (Å²) in [5.74, 6) is -0.695. The lowest BCUT2D eigenvalue weighted by Gasteiger charge is -2.39. The van der Waals surface area contributed by atoms with Gasteiger partial charge in [0.1, 0.15) is 23.5 Å². The molecule has 3 aliphatic heterocycles. The Balaban J connectivity index is 1.15. The van der Waals surface area contributed by atoms with Gasteiger partial charge < -0.3 is 24.6 Å². The van der Waals surface area contributed by atoms with Crippen LogP contribution in [-0.4, -0.2) is 62.3 Å². The van der Waals surface area contributed by atoms with E-state index in [1.807, 2.05) is 11.0 Å². The van der Waals surface area contributed by atoms with Crippen molar-refractivity contribution in [2.24, 2.45) is 5.92 Å². The first-order valence-electron chi connectivity index (χ1n) is 10.2. The molecule has 0 spiro atoms. The molecule has 1 N–H and O–H groups in total. The van der Waals surface area contributed by atoms with Gasteiger partial charge in [0.05, 0.1) is 36.0 Å². The van der Waals surface area contributed by atoms with Crippen molar-refractivity contribution in [2.45, 2.75) is 6.17 Å². The number of nitrogens with one attached hydrogen (secondary N) is 1. The predicted octanol–water partition coefficient (Wildman–Crippen LogP) is 3.12. The van der Waals surface area contributed by atoms with Gasteiger partial charge in [-0.2, -0.15) is 0 Å². The Bertz CT molecular complexity index is 1090. The average Bonchev–Trinajstić information content (AvgIpc) is 2.71. The third kappa shape index (κ3) is 3.92. The zero-order chi connectivity index (χ0) is 22.4. The number of amides is 2. The standard InChI is InChI=1S/C22H20ClF2N3O4/c23-16-3-14(27-8-13(24)9-27)1-2-19(16)31-10-12-6-28(7-12)22(30)15-4-18-20(5-17(15)25)32-11-21(29)26-18/h1-5,12-13H,6-11H2,(H,26,29). The summed E-state index contributed by atoms with van der Waals surface area (Å²) in [5, 5.41) is 3.02. The van der Waals surface area contributed by atoms with Crippen molar-refractivity contribution in [1.82, 2.24) is 4.90 Å². The van der Waals surface area contributed by atoms with E-state index in [-0.39, 0.29) is 35.4 Å². The van der Waals surface area contributed by atoms with E-state index < -0.39 is 17.9 Å². The van der Waals surface area contributed by atoms with Gasteiger partial charge in [0.25, 0.3) is 11.8 Å². The Hall–Kier alpha value is -3.07. The summed E-state index contributed by atoms with van der Waals surface area (Å²) in [7, 11) is 0. The maximum atomic E-state index is 14.4. The van der Waals surface area contributed by atoms with Crippen molar-refractivity contribution in [3.8, 4) is 11.5 Å². The van der Waals surface area contributed by atoms with Crippen molar-refractivity contribution >= 4 is 34.8 Å². The molecule has 0 radical (unpaired) electrons. The molecule has 2 aromatic rings. The Labute approximate surface area is 187 Å². The maximum Gasteiger partial charge on any atom is 0.262 e. The van der Waals surface area contributed by atoms with Crippen molar-refractivity contribution < 1.29 is 27.8 Å². The number of anilines is 2. The van der Waals surface area contributed by atoms with Gasteiger partial charge in [-0.05, 0) is 24.3 Å². The Morgan fingerprint density at radius 2 is 2.00 bits per heavy atom. The van der Waals surface area contributed by atoms with Gasteiger partial charge in [0, 0.05) is 30.8 Å². The number of fused-ring (bicyclic) bond motifs is 1. The van der Waals surface area contributed by atoms with Gasteiger partial charge in [-0.3, -0.25) is 9.59 Å². The first-order valence-corrected chi connectivity index (χ1v) is 10.6.